The number of hydrogen-bond acceptors (Lipinski definition) is 3. The van der Waals surface area contributed by atoms with E-state index in [1.807, 2.05) is 6.92 Å². The van der Waals surface area contributed by atoms with E-state index < -0.39 is 0 Å². The van der Waals surface area contributed by atoms with Crippen LogP contribution in [0.5, 0.6) is 0 Å². The Labute approximate surface area is 91.8 Å². The number of esters is 1. The van der Waals surface area contributed by atoms with Crippen LogP contribution in [0, 0.1) is 0 Å². The van der Waals surface area contributed by atoms with Gasteiger partial charge in [0.15, 0.2) is 0 Å². The molecule has 0 aromatic carbocycles. The molecule has 0 bridgehead atoms. The van der Waals surface area contributed by atoms with E-state index in [2.05, 4.69) is 4.90 Å². The summed E-state index contributed by atoms with van der Waals surface area (Å²) < 4.78 is 5.09. The first-order chi connectivity index (χ1) is 7.33. The first kappa shape index (κ1) is 10.9. The first-order valence-corrected chi connectivity index (χ1v) is 6.25. The molecule has 0 amide bonds. The minimum Gasteiger partial charge on any atom is -0.465 e. The first-order valence-electron chi connectivity index (χ1n) is 6.25. The summed E-state index contributed by atoms with van der Waals surface area (Å²) in [5.41, 5.74) is 0. The van der Waals surface area contributed by atoms with Crippen LogP contribution in [-0.2, 0) is 9.53 Å². The van der Waals surface area contributed by atoms with Gasteiger partial charge in [-0.05, 0) is 26.2 Å². The fraction of sp³-hybridized carbons (Fsp3) is 0.917. The van der Waals surface area contributed by atoms with Crippen LogP contribution in [0.15, 0.2) is 0 Å². The summed E-state index contributed by atoms with van der Waals surface area (Å²) in [6.45, 7) is 3.48. The molecule has 86 valence electrons. The number of hydrogen-bond donors (Lipinski definition) is 0. The number of carbonyl (C=O) groups is 1. The third-order valence-corrected chi connectivity index (χ3v) is 3.66. The quantitative estimate of drug-likeness (QED) is 0.668. The summed E-state index contributed by atoms with van der Waals surface area (Å²) in [5, 5.41) is 0. The van der Waals surface area contributed by atoms with Crippen molar-refractivity contribution in [2.24, 2.45) is 0 Å². The number of likely N-dealkylation sites (tertiary alicyclic amines) is 1. The molecule has 1 heterocycles. The van der Waals surface area contributed by atoms with Crippen LogP contribution in [0.3, 0.4) is 0 Å². The van der Waals surface area contributed by atoms with Crippen molar-refractivity contribution in [2.45, 2.75) is 57.5 Å². The molecule has 2 aliphatic rings. The van der Waals surface area contributed by atoms with Crippen molar-refractivity contribution in [1.82, 2.24) is 4.90 Å². The molecule has 0 spiro atoms. The molecular weight excluding hydrogens is 190 g/mol. The lowest BCUT2D eigenvalue weighted by atomic mass is 9.89. The molecule has 3 heteroatoms. The summed E-state index contributed by atoms with van der Waals surface area (Å²) in [6, 6.07) is 0.731. The molecule has 0 aromatic rings. The summed E-state index contributed by atoms with van der Waals surface area (Å²) in [6.07, 6.45) is 7.57. The van der Waals surface area contributed by atoms with E-state index >= 15 is 0 Å². The van der Waals surface area contributed by atoms with Crippen LogP contribution < -0.4 is 0 Å². The van der Waals surface area contributed by atoms with Crippen molar-refractivity contribution in [3.8, 4) is 0 Å². The molecular formula is C12H21NO2. The zero-order valence-corrected chi connectivity index (χ0v) is 9.58. The van der Waals surface area contributed by atoms with Crippen LogP contribution in [0.4, 0.5) is 0 Å². The van der Waals surface area contributed by atoms with Crippen LogP contribution in [0.2, 0.25) is 0 Å². The second-order valence-electron chi connectivity index (χ2n) is 4.59. The maximum atomic E-state index is 11.6. The highest BCUT2D eigenvalue weighted by molar-refractivity contribution is 5.76. The molecule has 3 nitrogen and oxygen atoms in total. The van der Waals surface area contributed by atoms with Crippen molar-refractivity contribution in [3.05, 3.63) is 0 Å². The standard InChI is InChI=1S/C12H21NO2/c1-2-15-12(14)11-8-9-13(11)10-6-4-3-5-7-10/h10-11H,2-9H2,1H3. The van der Waals surface area contributed by atoms with Gasteiger partial charge in [-0.15, -0.1) is 0 Å². The highest BCUT2D eigenvalue weighted by Gasteiger charge is 2.39. The fourth-order valence-corrected chi connectivity index (χ4v) is 2.75. The van der Waals surface area contributed by atoms with E-state index in [0.29, 0.717) is 12.6 Å². The van der Waals surface area contributed by atoms with Gasteiger partial charge in [-0.3, -0.25) is 9.69 Å². The molecule has 1 saturated heterocycles. The summed E-state index contributed by atoms with van der Waals surface area (Å²) in [5.74, 6) is -0.00526. The SMILES string of the molecule is CCOC(=O)C1CCN1C1CCCCC1. The predicted molar refractivity (Wildman–Crippen MR) is 58.6 cm³/mol. The Morgan fingerprint density at radius 2 is 2.00 bits per heavy atom. The topological polar surface area (TPSA) is 29.5 Å². The summed E-state index contributed by atoms with van der Waals surface area (Å²) in [4.78, 5) is 14.0. The second kappa shape index (κ2) is 4.97. The van der Waals surface area contributed by atoms with Gasteiger partial charge >= 0.3 is 5.97 Å². The minimum absolute atomic E-state index is 0.00526. The molecule has 0 aromatic heterocycles. The van der Waals surface area contributed by atoms with Crippen molar-refractivity contribution in [1.29, 1.82) is 0 Å². The monoisotopic (exact) mass is 211 g/mol. The molecule has 1 unspecified atom stereocenters. The van der Waals surface area contributed by atoms with Crippen molar-refractivity contribution in [2.75, 3.05) is 13.2 Å². The Bertz CT molecular complexity index is 224. The van der Waals surface area contributed by atoms with Gasteiger partial charge < -0.3 is 4.74 Å². The van der Waals surface area contributed by atoms with E-state index in [1.165, 1.54) is 32.1 Å². The van der Waals surface area contributed by atoms with Crippen LogP contribution in [-0.4, -0.2) is 36.1 Å². The number of nitrogens with zero attached hydrogens (tertiary/aromatic N) is 1. The Kier molecular flexibility index (Phi) is 3.62. The van der Waals surface area contributed by atoms with E-state index in [0.717, 1.165) is 13.0 Å². The van der Waals surface area contributed by atoms with Gasteiger partial charge in [0, 0.05) is 12.6 Å². The highest BCUT2D eigenvalue weighted by atomic mass is 16.5. The highest BCUT2D eigenvalue weighted by Crippen LogP contribution is 2.30. The van der Waals surface area contributed by atoms with Gasteiger partial charge in [0.1, 0.15) is 6.04 Å². The normalized spacial score (nSPS) is 28.5. The molecule has 1 saturated carbocycles. The zero-order valence-electron chi connectivity index (χ0n) is 9.58. The molecule has 1 atom stereocenters. The minimum atomic E-state index is -0.00526. The van der Waals surface area contributed by atoms with E-state index in [-0.39, 0.29) is 12.0 Å². The predicted octanol–water partition coefficient (Wildman–Crippen LogP) is 1.96. The van der Waals surface area contributed by atoms with E-state index in [1.54, 1.807) is 0 Å². The maximum Gasteiger partial charge on any atom is 0.323 e. The lowest BCUT2D eigenvalue weighted by molar-refractivity contribution is -0.157. The van der Waals surface area contributed by atoms with Gasteiger partial charge in [0.05, 0.1) is 6.61 Å². The largest absolute Gasteiger partial charge is 0.465 e. The van der Waals surface area contributed by atoms with E-state index in [9.17, 15) is 4.79 Å². The Morgan fingerprint density at radius 3 is 2.53 bits per heavy atom. The number of ether oxygens (including phenoxy) is 1. The summed E-state index contributed by atoms with van der Waals surface area (Å²) >= 11 is 0. The Morgan fingerprint density at radius 1 is 1.27 bits per heavy atom. The van der Waals surface area contributed by atoms with Crippen molar-refractivity contribution in [3.63, 3.8) is 0 Å². The summed E-state index contributed by atoms with van der Waals surface area (Å²) in [7, 11) is 0. The molecule has 1 aliphatic carbocycles. The van der Waals surface area contributed by atoms with Crippen LogP contribution in [0.1, 0.15) is 45.4 Å². The average Bonchev–Trinajstić information content (AvgIpc) is 2.18. The number of carbonyl (C=O) groups excluding carboxylic acids is 1. The lowest BCUT2D eigenvalue weighted by Gasteiger charge is -2.45. The third-order valence-electron chi connectivity index (χ3n) is 3.66. The van der Waals surface area contributed by atoms with Crippen molar-refractivity contribution >= 4 is 5.97 Å². The molecule has 0 radical (unpaired) electrons. The number of rotatable bonds is 3. The van der Waals surface area contributed by atoms with Crippen LogP contribution in [0.25, 0.3) is 0 Å². The molecule has 0 N–H and O–H groups in total. The Hall–Kier alpha value is -0.570. The Balaban J connectivity index is 1.84. The maximum absolute atomic E-state index is 11.6. The van der Waals surface area contributed by atoms with Gasteiger partial charge in [0.2, 0.25) is 0 Å². The smallest absolute Gasteiger partial charge is 0.323 e. The molecule has 2 fully saturated rings. The lowest BCUT2D eigenvalue weighted by Crippen LogP contribution is -2.57. The molecule has 1 aliphatic heterocycles. The van der Waals surface area contributed by atoms with E-state index in [4.69, 9.17) is 4.74 Å². The molecule has 2 rings (SSSR count). The zero-order chi connectivity index (χ0) is 10.7. The van der Waals surface area contributed by atoms with Gasteiger partial charge in [0.25, 0.3) is 0 Å². The second-order valence-corrected chi connectivity index (χ2v) is 4.59. The third kappa shape index (κ3) is 2.33. The molecule has 15 heavy (non-hydrogen) atoms. The van der Waals surface area contributed by atoms with Gasteiger partial charge in [-0.2, -0.15) is 0 Å². The van der Waals surface area contributed by atoms with Gasteiger partial charge in [-0.1, -0.05) is 19.3 Å². The van der Waals surface area contributed by atoms with Crippen molar-refractivity contribution < 1.29 is 9.53 Å². The fourth-order valence-electron chi connectivity index (χ4n) is 2.75. The average molecular weight is 211 g/mol. The van der Waals surface area contributed by atoms with Gasteiger partial charge in [-0.25, -0.2) is 0 Å². The van der Waals surface area contributed by atoms with Crippen LogP contribution >= 0.6 is 0 Å².